The van der Waals surface area contributed by atoms with Crippen LogP contribution in [0, 0.1) is 6.92 Å². The van der Waals surface area contributed by atoms with Gasteiger partial charge in [0.2, 0.25) is 0 Å². The molecule has 2 rings (SSSR count). The fourth-order valence-corrected chi connectivity index (χ4v) is 2.71. The molecule has 1 aromatic heterocycles. The summed E-state index contributed by atoms with van der Waals surface area (Å²) in [5, 5.41) is 7.64. The number of ether oxygens (including phenoxy) is 1. The van der Waals surface area contributed by atoms with Crippen LogP contribution in [0.25, 0.3) is 0 Å². The zero-order valence-electron chi connectivity index (χ0n) is 13.6. The molecule has 2 aromatic rings. The van der Waals surface area contributed by atoms with Gasteiger partial charge in [-0.1, -0.05) is 12.1 Å². The van der Waals surface area contributed by atoms with E-state index in [2.05, 4.69) is 39.7 Å². The van der Waals surface area contributed by atoms with E-state index in [1.165, 1.54) is 10.4 Å². The number of hydrogen-bond donors (Lipinski definition) is 2. The minimum absolute atomic E-state index is 0. The third-order valence-corrected chi connectivity index (χ3v) is 4.08. The molecule has 1 aromatic carbocycles. The summed E-state index contributed by atoms with van der Waals surface area (Å²) in [4.78, 5) is 9.77. The molecule has 0 unspecified atom stereocenters. The molecule has 126 valence electrons. The lowest BCUT2D eigenvalue weighted by atomic mass is 10.1. The van der Waals surface area contributed by atoms with Gasteiger partial charge in [0.15, 0.2) is 5.96 Å². The highest BCUT2D eigenvalue weighted by molar-refractivity contribution is 14.0. The van der Waals surface area contributed by atoms with Crippen LogP contribution in [0.2, 0.25) is 0 Å². The Balaban J connectivity index is 0.00000264. The summed E-state index contributed by atoms with van der Waals surface area (Å²) in [6.45, 7) is 3.58. The number of nitrogens with one attached hydrogen (secondary N) is 2. The molecule has 0 atom stereocenters. The number of hydrogen-bond acceptors (Lipinski definition) is 4. The van der Waals surface area contributed by atoms with Crippen molar-refractivity contribution in [1.82, 2.24) is 15.6 Å². The van der Waals surface area contributed by atoms with E-state index >= 15 is 0 Å². The topological polar surface area (TPSA) is 58.5 Å². The molecule has 7 heteroatoms. The van der Waals surface area contributed by atoms with Crippen molar-refractivity contribution < 1.29 is 4.74 Å². The lowest BCUT2D eigenvalue weighted by Crippen LogP contribution is -2.37. The van der Waals surface area contributed by atoms with Crippen molar-refractivity contribution in [2.75, 3.05) is 20.7 Å². The van der Waals surface area contributed by atoms with E-state index in [1.807, 2.05) is 18.3 Å². The van der Waals surface area contributed by atoms with Crippen molar-refractivity contribution in [2.24, 2.45) is 4.99 Å². The Morgan fingerprint density at radius 3 is 2.57 bits per heavy atom. The molecule has 0 aliphatic carbocycles. The van der Waals surface area contributed by atoms with Gasteiger partial charge in [-0.05, 0) is 31.0 Å². The molecule has 0 radical (unpaired) electrons. The van der Waals surface area contributed by atoms with Crippen molar-refractivity contribution in [1.29, 1.82) is 0 Å². The van der Waals surface area contributed by atoms with Gasteiger partial charge in [-0.25, -0.2) is 4.98 Å². The third-order valence-electron chi connectivity index (χ3n) is 3.16. The normalized spacial score (nSPS) is 10.8. The first-order valence-electron chi connectivity index (χ1n) is 7.20. The SMILES string of the molecule is CN=C(NCCc1ccc(OC)cc1)NCc1ncc(C)s1.I. The van der Waals surface area contributed by atoms with Gasteiger partial charge < -0.3 is 15.4 Å². The molecule has 0 amide bonds. The molecule has 2 N–H and O–H groups in total. The van der Waals surface area contributed by atoms with Gasteiger partial charge in [-0.2, -0.15) is 0 Å². The van der Waals surface area contributed by atoms with Crippen LogP contribution < -0.4 is 15.4 Å². The summed E-state index contributed by atoms with van der Waals surface area (Å²) in [6, 6.07) is 8.12. The minimum Gasteiger partial charge on any atom is -0.497 e. The maximum atomic E-state index is 5.16. The predicted octanol–water partition coefficient (Wildman–Crippen LogP) is 2.99. The number of aryl methyl sites for hydroxylation is 1. The molecular formula is C16H23IN4OS. The molecule has 0 aliphatic rings. The predicted molar refractivity (Wildman–Crippen MR) is 107 cm³/mol. The minimum atomic E-state index is 0. The van der Waals surface area contributed by atoms with Crippen LogP contribution in [0.5, 0.6) is 5.75 Å². The Morgan fingerprint density at radius 1 is 1.26 bits per heavy atom. The highest BCUT2D eigenvalue weighted by atomic mass is 127. The van der Waals surface area contributed by atoms with Crippen molar-refractivity contribution in [3.05, 3.63) is 45.9 Å². The third kappa shape index (κ3) is 6.74. The summed E-state index contributed by atoms with van der Waals surface area (Å²) in [6.07, 6.45) is 2.82. The molecule has 0 aliphatic heterocycles. The van der Waals surface area contributed by atoms with E-state index in [0.29, 0.717) is 6.54 Å². The van der Waals surface area contributed by atoms with Crippen LogP contribution >= 0.6 is 35.3 Å². The van der Waals surface area contributed by atoms with Gasteiger partial charge in [0.1, 0.15) is 10.8 Å². The highest BCUT2D eigenvalue weighted by Gasteiger charge is 2.01. The monoisotopic (exact) mass is 446 g/mol. The van der Waals surface area contributed by atoms with Crippen molar-refractivity contribution in [3.8, 4) is 5.75 Å². The Hall–Kier alpha value is -1.35. The molecule has 0 bridgehead atoms. The molecule has 0 saturated carbocycles. The Bertz CT molecular complexity index is 613. The second-order valence-electron chi connectivity index (χ2n) is 4.82. The average molecular weight is 446 g/mol. The van der Waals surface area contributed by atoms with Gasteiger partial charge in [0, 0.05) is 24.7 Å². The Kier molecular flexibility index (Phi) is 8.93. The van der Waals surface area contributed by atoms with Gasteiger partial charge in [-0.3, -0.25) is 4.99 Å². The number of guanidine groups is 1. The molecular weight excluding hydrogens is 423 g/mol. The summed E-state index contributed by atoms with van der Waals surface area (Å²) in [7, 11) is 3.45. The second-order valence-corrected chi connectivity index (χ2v) is 6.13. The van der Waals surface area contributed by atoms with Crippen LogP contribution in [0.3, 0.4) is 0 Å². The van der Waals surface area contributed by atoms with Gasteiger partial charge in [0.25, 0.3) is 0 Å². The number of halogens is 1. The fraction of sp³-hybridized carbons (Fsp3) is 0.375. The summed E-state index contributed by atoms with van der Waals surface area (Å²) in [5.74, 6) is 1.68. The maximum absolute atomic E-state index is 5.16. The largest absolute Gasteiger partial charge is 0.497 e. The molecule has 0 spiro atoms. The summed E-state index contributed by atoms with van der Waals surface area (Å²) in [5.41, 5.74) is 1.26. The first-order chi connectivity index (χ1) is 10.7. The lowest BCUT2D eigenvalue weighted by Gasteiger charge is -2.11. The quantitative estimate of drug-likeness (QED) is 0.407. The maximum Gasteiger partial charge on any atom is 0.191 e. The fourth-order valence-electron chi connectivity index (χ4n) is 1.98. The van der Waals surface area contributed by atoms with Crippen LogP contribution in [0.1, 0.15) is 15.4 Å². The molecule has 5 nitrogen and oxygen atoms in total. The van der Waals surface area contributed by atoms with E-state index in [4.69, 9.17) is 4.74 Å². The number of benzene rings is 1. The van der Waals surface area contributed by atoms with Crippen LogP contribution in [0.15, 0.2) is 35.5 Å². The standard InChI is InChI=1S/C16H22N4OS.HI/c1-12-10-19-15(22-12)11-20-16(17-2)18-9-8-13-4-6-14(21-3)7-5-13;/h4-7,10H,8-9,11H2,1-3H3,(H2,17,18,20);1H. The highest BCUT2D eigenvalue weighted by Crippen LogP contribution is 2.11. The number of aromatic nitrogens is 1. The summed E-state index contributed by atoms with van der Waals surface area (Å²) >= 11 is 1.70. The van der Waals surface area contributed by atoms with E-state index < -0.39 is 0 Å². The van der Waals surface area contributed by atoms with E-state index in [0.717, 1.165) is 29.7 Å². The number of methoxy groups -OCH3 is 1. The van der Waals surface area contributed by atoms with Gasteiger partial charge >= 0.3 is 0 Å². The number of nitrogens with zero attached hydrogens (tertiary/aromatic N) is 2. The lowest BCUT2D eigenvalue weighted by molar-refractivity contribution is 0.414. The number of thiazole rings is 1. The number of rotatable bonds is 6. The van der Waals surface area contributed by atoms with Crippen molar-refractivity contribution in [2.45, 2.75) is 19.9 Å². The Morgan fingerprint density at radius 2 is 2.00 bits per heavy atom. The van der Waals surface area contributed by atoms with Crippen molar-refractivity contribution in [3.63, 3.8) is 0 Å². The summed E-state index contributed by atoms with van der Waals surface area (Å²) < 4.78 is 5.16. The van der Waals surface area contributed by atoms with Crippen LogP contribution in [0.4, 0.5) is 0 Å². The first-order valence-corrected chi connectivity index (χ1v) is 8.01. The molecule has 23 heavy (non-hydrogen) atoms. The molecule has 1 heterocycles. The smallest absolute Gasteiger partial charge is 0.191 e. The van der Waals surface area contributed by atoms with Crippen molar-refractivity contribution >= 4 is 41.3 Å². The molecule has 0 saturated heterocycles. The van der Waals surface area contributed by atoms with Crippen LogP contribution in [-0.4, -0.2) is 31.6 Å². The Labute approximate surface area is 158 Å². The zero-order chi connectivity index (χ0) is 15.8. The van der Waals surface area contributed by atoms with E-state index in [9.17, 15) is 0 Å². The van der Waals surface area contributed by atoms with Crippen LogP contribution in [-0.2, 0) is 13.0 Å². The number of aliphatic imine (C=N–C) groups is 1. The second kappa shape index (κ2) is 10.4. The molecule has 0 fully saturated rings. The van der Waals surface area contributed by atoms with Gasteiger partial charge in [0.05, 0.1) is 13.7 Å². The average Bonchev–Trinajstić information content (AvgIpc) is 2.96. The van der Waals surface area contributed by atoms with Gasteiger partial charge in [-0.15, -0.1) is 35.3 Å². The zero-order valence-corrected chi connectivity index (χ0v) is 16.8. The van der Waals surface area contributed by atoms with E-state index in [1.54, 1.807) is 25.5 Å². The van der Waals surface area contributed by atoms with E-state index in [-0.39, 0.29) is 24.0 Å². The first kappa shape index (κ1) is 19.7.